The lowest BCUT2D eigenvalue weighted by atomic mass is 10.1. The summed E-state index contributed by atoms with van der Waals surface area (Å²) >= 11 is -2.05. The first kappa shape index (κ1) is 22.5. The number of ether oxygens (including phenoxy) is 1. The molecule has 2 aromatic rings. The third-order valence-corrected chi connectivity index (χ3v) is 7.02. The van der Waals surface area contributed by atoms with Gasteiger partial charge in [0.1, 0.15) is 10.5 Å². The van der Waals surface area contributed by atoms with Crippen molar-refractivity contribution in [2.45, 2.75) is 37.1 Å². The van der Waals surface area contributed by atoms with Crippen LogP contribution in [0.5, 0.6) is 5.75 Å². The molecule has 13 heteroatoms. The molecule has 0 spiro atoms. The largest absolute Gasteiger partial charge is 0.597 e. The van der Waals surface area contributed by atoms with E-state index in [2.05, 4.69) is 9.72 Å². The fourth-order valence-corrected chi connectivity index (χ4v) is 5.17. The van der Waals surface area contributed by atoms with Gasteiger partial charge in [-0.15, -0.1) is 13.2 Å². The molecule has 0 amide bonds. The highest BCUT2D eigenvalue weighted by Gasteiger charge is 2.40. The van der Waals surface area contributed by atoms with Crippen molar-refractivity contribution < 1.29 is 39.7 Å². The fraction of sp³-hybridized carbons (Fsp3) is 0.400. The van der Waals surface area contributed by atoms with Crippen molar-refractivity contribution in [1.82, 2.24) is 9.11 Å². The van der Waals surface area contributed by atoms with E-state index >= 15 is 0 Å². The molecule has 0 aliphatic carbocycles. The Bertz CT molecular complexity index is 911. The van der Waals surface area contributed by atoms with E-state index in [1.165, 1.54) is 20.8 Å². The first-order valence-corrected chi connectivity index (χ1v) is 10.3. The highest BCUT2D eigenvalue weighted by Crippen LogP contribution is 2.34. The Labute approximate surface area is 161 Å². The van der Waals surface area contributed by atoms with Crippen LogP contribution < -0.4 is 8.86 Å². The third-order valence-electron chi connectivity index (χ3n) is 3.25. The van der Waals surface area contributed by atoms with Gasteiger partial charge in [0.05, 0.1) is 17.6 Å². The first-order chi connectivity index (χ1) is 12.7. The zero-order valence-corrected chi connectivity index (χ0v) is 16.4. The second kappa shape index (κ2) is 7.89. The number of sulfonamides is 1. The molecule has 1 aromatic heterocycles. The van der Waals surface area contributed by atoms with Crippen LogP contribution in [0.15, 0.2) is 35.2 Å². The number of halogens is 4. The number of hydrogen-bond acceptors (Lipinski definition) is 6. The smallest absolute Gasteiger partial charge is 0.573 e. The van der Waals surface area contributed by atoms with Crippen molar-refractivity contribution in [3.05, 3.63) is 47.9 Å². The van der Waals surface area contributed by atoms with Crippen molar-refractivity contribution in [3.8, 4) is 5.75 Å². The van der Waals surface area contributed by atoms with Gasteiger partial charge in [-0.2, -0.15) is 0 Å². The monoisotopic (exact) mass is 444 g/mol. The zero-order valence-electron chi connectivity index (χ0n) is 14.8. The topological polar surface area (TPSA) is 104 Å². The van der Waals surface area contributed by atoms with Crippen molar-refractivity contribution in [1.29, 1.82) is 0 Å². The molecule has 2 rings (SSSR count). The van der Waals surface area contributed by atoms with Crippen LogP contribution >= 0.6 is 0 Å². The normalized spacial score (nSPS) is 15.3. The number of aromatic nitrogens is 1. The molecule has 0 radical (unpaired) electrons. The van der Waals surface area contributed by atoms with Gasteiger partial charge >= 0.3 is 6.36 Å². The van der Waals surface area contributed by atoms with E-state index in [1.54, 1.807) is 0 Å². The molecule has 1 aromatic carbocycles. The summed E-state index contributed by atoms with van der Waals surface area (Å²) in [7, 11) is -4.46. The van der Waals surface area contributed by atoms with Crippen molar-refractivity contribution >= 4 is 21.4 Å². The molecule has 2 atom stereocenters. The van der Waals surface area contributed by atoms with E-state index in [1.807, 2.05) is 4.13 Å². The fourth-order valence-electron chi connectivity index (χ4n) is 2.02. The average Bonchev–Trinajstić information content (AvgIpc) is 3.01. The Kier molecular flexibility index (Phi) is 6.33. The zero-order chi connectivity index (χ0) is 21.3. The first-order valence-electron chi connectivity index (χ1n) is 7.57. The number of nitrogens with one attached hydrogen (secondary N) is 1. The van der Waals surface area contributed by atoms with Gasteiger partial charge in [0.15, 0.2) is 23.2 Å². The van der Waals surface area contributed by atoms with E-state index < -0.39 is 49.3 Å². The van der Waals surface area contributed by atoms with Gasteiger partial charge in [-0.05, 0) is 42.6 Å². The van der Waals surface area contributed by atoms with Gasteiger partial charge in [0.25, 0.3) is 10.0 Å². The van der Waals surface area contributed by atoms with E-state index in [9.17, 15) is 30.5 Å². The lowest BCUT2D eigenvalue weighted by molar-refractivity contribution is -0.275. The minimum atomic E-state index is -5.12. The molecule has 0 aliphatic rings. The molecule has 28 heavy (non-hydrogen) atoms. The quantitative estimate of drug-likeness (QED) is 0.542. The Balaban J connectivity index is 2.47. The Morgan fingerprint density at radius 2 is 1.93 bits per heavy atom. The number of benzene rings is 1. The van der Waals surface area contributed by atoms with Crippen LogP contribution in [0.25, 0.3) is 0 Å². The highest BCUT2D eigenvalue weighted by molar-refractivity contribution is 8.05. The molecular formula is C15H16F4N2O5S2. The summed E-state index contributed by atoms with van der Waals surface area (Å²) in [5.41, 5.74) is -0.276. The summed E-state index contributed by atoms with van der Waals surface area (Å²) < 4.78 is 98.3. The van der Waals surface area contributed by atoms with Crippen LogP contribution in [0.3, 0.4) is 0 Å². The van der Waals surface area contributed by atoms with Crippen molar-refractivity contribution in [2.24, 2.45) is 0 Å². The standard InChI is InChI=1S/C15H16F4N2O5S2/c1-14(2,3)27(22)21-28(23,24)13(12-7-20-8-25-12)9-4-5-11(10(16)6-9)26-15(17,18)19/h4-8,13,21H,1-3H3. The van der Waals surface area contributed by atoms with Crippen molar-refractivity contribution in [2.75, 3.05) is 0 Å². The second-order valence-electron chi connectivity index (χ2n) is 6.53. The van der Waals surface area contributed by atoms with Crippen LogP contribution in [-0.2, 0) is 21.4 Å². The predicted molar refractivity (Wildman–Crippen MR) is 91.4 cm³/mol. The van der Waals surface area contributed by atoms with E-state index in [4.69, 9.17) is 4.42 Å². The SMILES string of the molecule is CC(C)(C)[S+]([O-])NS(=O)(=O)C(c1ccc(OC(F)(F)F)c(F)c1)c1cnco1. The molecule has 0 aliphatic heterocycles. The van der Waals surface area contributed by atoms with Crippen LogP contribution in [-0.4, -0.2) is 29.1 Å². The van der Waals surface area contributed by atoms with Gasteiger partial charge < -0.3 is 13.7 Å². The number of alkyl halides is 3. The van der Waals surface area contributed by atoms with Crippen molar-refractivity contribution in [3.63, 3.8) is 0 Å². The molecule has 0 bridgehead atoms. The molecule has 7 nitrogen and oxygen atoms in total. The van der Waals surface area contributed by atoms with Crippen LogP contribution in [0.4, 0.5) is 17.6 Å². The number of rotatable bonds is 6. The number of nitrogens with zero attached hydrogens (tertiary/aromatic N) is 1. The summed E-state index contributed by atoms with van der Waals surface area (Å²) in [6.07, 6.45) is -3.15. The molecule has 2 unspecified atom stereocenters. The molecule has 156 valence electrons. The minimum Gasteiger partial charge on any atom is -0.597 e. The average molecular weight is 444 g/mol. The second-order valence-corrected chi connectivity index (χ2v) is 10.5. The number of oxazole rings is 1. The molecular weight excluding hydrogens is 428 g/mol. The molecule has 1 heterocycles. The van der Waals surface area contributed by atoms with E-state index in [0.717, 1.165) is 18.7 Å². The highest BCUT2D eigenvalue weighted by atomic mass is 32.3. The Hall–Kier alpha value is -1.83. The minimum absolute atomic E-state index is 0.248. The summed E-state index contributed by atoms with van der Waals surface area (Å²) in [4.78, 5) is 3.60. The molecule has 1 N–H and O–H groups in total. The van der Waals surface area contributed by atoms with E-state index in [0.29, 0.717) is 12.1 Å². The van der Waals surface area contributed by atoms with Crippen LogP contribution in [0.1, 0.15) is 37.3 Å². The maximum atomic E-state index is 14.1. The van der Waals surface area contributed by atoms with Gasteiger partial charge in [0.2, 0.25) is 0 Å². The van der Waals surface area contributed by atoms with E-state index in [-0.39, 0.29) is 11.3 Å². The lowest BCUT2D eigenvalue weighted by Crippen LogP contribution is -2.44. The van der Waals surface area contributed by atoms with Crippen LogP contribution in [0.2, 0.25) is 0 Å². The number of hydrogen-bond donors (Lipinski definition) is 1. The Morgan fingerprint density at radius 1 is 1.29 bits per heavy atom. The Morgan fingerprint density at radius 3 is 2.39 bits per heavy atom. The predicted octanol–water partition coefficient (Wildman–Crippen LogP) is 3.18. The van der Waals surface area contributed by atoms with Gasteiger partial charge in [-0.25, -0.2) is 17.8 Å². The summed E-state index contributed by atoms with van der Waals surface area (Å²) in [5, 5.41) is -1.71. The van der Waals surface area contributed by atoms with Gasteiger partial charge in [0, 0.05) is 0 Å². The summed E-state index contributed by atoms with van der Waals surface area (Å²) in [5.74, 6) is -2.81. The lowest BCUT2D eigenvalue weighted by Gasteiger charge is -2.25. The van der Waals surface area contributed by atoms with Gasteiger partial charge in [-0.3, -0.25) is 0 Å². The molecule has 0 fully saturated rings. The molecule has 0 saturated heterocycles. The van der Waals surface area contributed by atoms with Gasteiger partial charge in [-0.1, -0.05) is 6.07 Å². The van der Waals surface area contributed by atoms with Crippen LogP contribution in [0, 0.1) is 5.82 Å². The maximum absolute atomic E-state index is 14.1. The summed E-state index contributed by atoms with van der Waals surface area (Å²) in [6.45, 7) is 4.58. The maximum Gasteiger partial charge on any atom is 0.573 e. The third kappa shape index (κ3) is 5.59. The molecule has 0 saturated carbocycles. The summed E-state index contributed by atoms with van der Waals surface area (Å²) in [6, 6.07) is 2.13.